The Balaban J connectivity index is 1.27. The summed E-state index contributed by atoms with van der Waals surface area (Å²) in [6.45, 7) is 1.83. The van der Waals surface area contributed by atoms with Crippen LogP contribution in [0.3, 0.4) is 0 Å². The van der Waals surface area contributed by atoms with Crippen molar-refractivity contribution < 1.29 is 40.2 Å². The molecule has 252 valence electrons. The summed E-state index contributed by atoms with van der Waals surface area (Å²) >= 11 is 0. The quantitative estimate of drug-likeness (QED) is 0.158. The van der Waals surface area contributed by atoms with Gasteiger partial charge in [0.2, 0.25) is 27.4 Å². The Kier molecular flexibility index (Phi) is 8.74. The Labute approximate surface area is 271 Å². The van der Waals surface area contributed by atoms with Crippen molar-refractivity contribution in [3.05, 3.63) is 83.3 Å². The number of nitrogen functional groups attached to an aromatic ring is 1. The maximum atomic E-state index is 14.0. The lowest BCUT2D eigenvalue weighted by Crippen LogP contribution is -2.48. The van der Waals surface area contributed by atoms with Gasteiger partial charge in [-0.2, -0.15) is 9.40 Å². The van der Waals surface area contributed by atoms with E-state index in [0.29, 0.717) is 40.9 Å². The first-order valence-electron chi connectivity index (χ1n) is 14.5. The molecule has 1 aliphatic heterocycles. The number of halogens is 4. The van der Waals surface area contributed by atoms with Crippen molar-refractivity contribution in [3.8, 4) is 23.1 Å². The average molecular weight is 688 g/mol. The molecule has 2 aromatic carbocycles. The zero-order chi connectivity index (χ0) is 34.3. The van der Waals surface area contributed by atoms with E-state index in [1.54, 1.807) is 19.1 Å². The lowest BCUT2D eigenvalue weighted by molar-refractivity contribution is 0.0821. The van der Waals surface area contributed by atoms with Gasteiger partial charge in [0.25, 0.3) is 6.43 Å². The normalized spacial score (nSPS) is 14.2. The molecule has 17 heteroatoms. The number of benzene rings is 2. The van der Waals surface area contributed by atoms with Crippen molar-refractivity contribution in [2.24, 2.45) is 0 Å². The molecule has 0 saturated carbocycles. The van der Waals surface area contributed by atoms with Crippen LogP contribution in [0.15, 0.2) is 54.9 Å². The fourth-order valence-electron chi connectivity index (χ4n) is 5.40. The smallest absolute Gasteiger partial charge is 0.272 e. The molecule has 0 radical (unpaired) electrons. The van der Waals surface area contributed by atoms with E-state index in [1.165, 1.54) is 39.6 Å². The highest BCUT2D eigenvalue weighted by atomic mass is 32.2. The SMILES string of the molecule is Cc1cc(Oc2c(F)cccc2F)ncc1-n1ncc(C(=O)c2cc3cc(OCC(F)F)c(N4CCN(S(C)(=O)=O)CC4)cc3[nH]2)c1N. The number of carbonyl (C=O) groups excluding carboxylic acids is 1. The van der Waals surface area contributed by atoms with E-state index in [2.05, 4.69) is 15.1 Å². The van der Waals surface area contributed by atoms with Gasteiger partial charge in [-0.3, -0.25) is 4.79 Å². The lowest BCUT2D eigenvalue weighted by atomic mass is 10.1. The van der Waals surface area contributed by atoms with E-state index in [9.17, 15) is 30.8 Å². The third-order valence-corrected chi connectivity index (χ3v) is 9.12. The highest BCUT2D eigenvalue weighted by Crippen LogP contribution is 2.36. The highest BCUT2D eigenvalue weighted by molar-refractivity contribution is 7.88. The number of hydrogen-bond acceptors (Lipinski definition) is 9. The van der Waals surface area contributed by atoms with E-state index >= 15 is 0 Å². The third-order valence-electron chi connectivity index (χ3n) is 7.82. The zero-order valence-corrected chi connectivity index (χ0v) is 26.4. The number of fused-ring (bicyclic) bond motifs is 1. The second kappa shape index (κ2) is 12.8. The second-order valence-electron chi connectivity index (χ2n) is 11.1. The fourth-order valence-corrected chi connectivity index (χ4v) is 6.23. The minimum atomic E-state index is -3.39. The molecule has 0 bridgehead atoms. The van der Waals surface area contributed by atoms with Crippen LogP contribution >= 0.6 is 0 Å². The van der Waals surface area contributed by atoms with Gasteiger partial charge in [-0.05, 0) is 42.8 Å². The minimum Gasteiger partial charge on any atom is -0.485 e. The van der Waals surface area contributed by atoms with E-state index in [-0.39, 0.29) is 41.8 Å². The Morgan fingerprint density at radius 1 is 1.04 bits per heavy atom. The number of alkyl halides is 2. The van der Waals surface area contributed by atoms with E-state index in [0.717, 1.165) is 18.4 Å². The number of ether oxygens (including phenoxy) is 2. The number of hydrogen-bond donors (Lipinski definition) is 2. The van der Waals surface area contributed by atoms with Crippen LogP contribution in [0.4, 0.5) is 29.1 Å². The van der Waals surface area contributed by atoms with Crippen LogP contribution in [-0.4, -0.2) is 83.7 Å². The number of aromatic nitrogens is 4. The number of nitrogens with two attached hydrogens (primary N) is 1. The molecular weight excluding hydrogens is 658 g/mol. The Morgan fingerprint density at radius 3 is 2.40 bits per heavy atom. The van der Waals surface area contributed by atoms with Gasteiger partial charge < -0.3 is 25.1 Å². The number of para-hydroxylation sites is 1. The molecule has 0 aliphatic carbocycles. The number of pyridine rings is 1. The monoisotopic (exact) mass is 687 g/mol. The van der Waals surface area contributed by atoms with Crippen LogP contribution in [0.5, 0.6) is 17.4 Å². The standard InChI is InChI=1S/C31H29F4N7O5S/c1-17-10-28(47-30-20(32)4-3-5-21(30)33)37-15-25(17)42-31(36)19(14-38-42)29(43)23-11-18-12-26(46-16-27(34)35)24(13-22(18)39-23)40-6-8-41(9-7-40)48(2,44)45/h3-5,10-15,27,39H,6-9,16,36H2,1-2H3. The number of carbonyl (C=O) groups is 1. The molecule has 0 spiro atoms. The maximum Gasteiger partial charge on any atom is 0.272 e. The second-order valence-corrected chi connectivity index (χ2v) is 13.1. The Bertz CT molecular complexity index is 2110. The average Bonchev–Trinajstić information content (AvgIpc) is 3.63. The topological polar surface area (TPSA) is 149 Å². The molecule has 12 nitrogen and oxygen atoms in total. The first kappa shape index (κ1) is 32.8. The summed E-state index contributed by atoms with van der Waals surface area (Å²) in [4.78, 5) is 22.6. The van der Waals surface area contributed by atoms with Crippen LogP contribution in [-0.2, 0) is 10.0 Å². The van der Waals surface area contributed by atoms with E-state index < -0.39 is 46.2 Å². The number of anilines is 2. The molecule has 1 saturated heterocycles. The minimum absolute atomic E-state index is 0.0113. The molecule has 0 atom stereocenters. The summed E-state index contributed by atoms with van der Waals surface area (Å²) in [7, 11) is -3.39. The zero-order valence-electron chi connectivity index (χ0n) is 25.6. The number of H-pyrrole nitrogens is 1. The van der Waals surface area contributed by atoms with Crippen LogP contribution in [0, 0.1) is 18.6 Å². The number of rotatable bonds is 10. The largest absolute Gasteiger partial charge is 0.485 e. The van der Waals surface area contributed by atoms with E-state index in [1.807, 2.05) is 4.90 Å². The summed E-state index contributed by atoms with van der Waals surface area (Å²) < 4.78 is 91.6. The predicted molar refractivity (Wildman–Crippen MR) is 169 cm³/mol. The Morgan fingerprint density at radius 2 is 1.75 bits per heavy atom. The van der Waals surface area contributed by atoms with E-state index in [4.69, 9.17) is 15.2 Å². The van der Waals surface area contributed by atoms with Crippen molar-refractivity contribution in [1.82, 2.24) is 24.1 Å². The molecule has 0 amide bonds. The van der Waals surface area contributed by atoms with Gasteiger partial charge in [-0.25, -0.2) is 35.6 Å². The molecule has 3 aromatic heterocycles. The van der Waals surface area contributed by atoms with Crippen LogP contribution < -0.4 is 20.1 Å². The summed E-state index contributed by atoms with van der Waals surface area (Å²) in [6, 6.07) is 9.51. The highest BCUT2D eigenvalue weighted by Gasteiger charge is 2.27. The van der Waals surface area contributed by atoms with Gasteiger partial charge in [0, 0.05) is 43.1 Å². The number of sulfonamides is 1. The molecule has 1 aliphatic rings. The van der Waals surface area contributed by atoms with Crippen molar-refractivity contribution in [1.29, 1.82) is 0 Å². The molecule has 6 rings (SSSR count). The van der Waals surface area contributed by atoms with Crippen molar-refractivity contribution in [2.45, 2.75) is 13.3 Å². The first-order valence-corrected chi connectivity index (χ1v) is 16.4. The maximum absolute atomic E-state index is 14.0. The predicted octanol–water partition coefficient (Wildman–Crippen LogP) is 4.67. The van der Waals surface area contributed by atoms with Crippen LogP contribution in [0.25, 0.3) is 16.6 Å². The number of ketones is 1. The van der Waals surface area contributed by atoms with Crippen LogP contribution in [0.1, 0.15) is 21.6 Å². The third kappa shape index (κ3) is 6.50. The van der Waals surface area contributed by atoms with Gasteiger partial charge in [-0.1, -0.05) is 6.07 Å². The van der Waals surface area contributed by atoms with Gasteiger partial charge >= 0.3 is 0 Å². The number of piperazine rings is 1. The fraction of sp³-hybridized carbons (Fsp3) is 0.258. The Hall–Kier alpha value is -5.16. The van der Waals surface area contributed by atoms with Crippen molar-refractivity contribution in [3.63, 3.8) is 0 Å². The molecule has 4 heterocycles. The number of aryl methyl sites for hydroxylation is 1. The van der Waals surface area contributed by atoms with Gasteiger partial charge in [0.15, 0.2) is 11.6 Å². The summed E-state index contributed by atoms with van der Waals surface area (Å²) in [6.07, 6.45) is 1.02. The lowest BCUT2D eigenvalue weighted by Gasteiger charge is -2.35. The number of nitrogens with zero attached hydrogens (tertiary/aromatic N) is 5. The molecule has 48 heavy (non-hydrogen) atoms. The number of aromatic amines is 1. The van der Waals surface area contributed by atoms with Gasteiger partial charge in [-0.15, -0.1) is 0 Å². The van der Waals surface area contributed by atoms with Crippen LogP contribution in [0.2, 0.25) is 0 Å². The molecular formula is C31H29F4N7O5S. The van der Waals surface area contributed by atoms with Crippen molar-refractivity contribution >= 4 is 38.2 Å². The molecule has 5 aromatic rings. The summed E-state index contributed by atoms with van der Waals surface area (Å²) in [5, 5.41) is 4.76. The molecule has 3 N–H and O–H groups in total. The summed E-state index contributed by atoms with van der Waals surface area (Å²) in [5.41, 5.74) is 8.44. The number of nitrogens with one attached hydrogen (secondary N) is 1. The summed E-state index contributed by atoms with van der Waals surface area (Å²) in [5.74, 6) is -2.82. The molecule has 0 unspecified atom stereocenters. The van der Waals surface area contributed by atoms with Gasteiger partial charge in [0.05, 0.1) is 41.3 Å². The first-order chi connectivity index (χ1) is 22.8. The van der Waals surface area contributed by atoms with Crippen molar-refractivity contribution in [2.75, 3.05) is 49.7 Å². The van der Waals surface area contributed by atoms with Gasteiger partial charge in [0.1, 0.15) is 18.2 Å². The molecule has 1 fully saturated rings.